The average molecular weight is 247 g/mol. The van der Waals surface area contributed by atoms with Crippen LogP contribution in [0.4, 0.5) is 0 Å². The van der Waals surface area contributed by atoms with Crippen LogP contribution >= 0.6 is 0 Å². The SMILES string of the molecule is C/C=C/CC(CC)C(=O)NCc1nccc(C)n1. The van der Waals surface area contributed by atoms with Crippen molar-refractivity contribution in [3.63, 3.8) is 0 Å². The Kier molecular flexibility index (Phi) is 6.05. The number of hydrogen-bond acceptors (Lipinski definition) is 3. The second-order valence-corrected chi connectivity index (χ2v) is 4.24. The van der Waals surface area contributed by atoms with Crippen LogP contribution in [0.25, 0.3) is 0 Å². The summed E-state index contributed by atoms with van der Waals surface area (Å²) in [5.41, 5.74) is 0.912. The zero-order valence-electron chi connectivity index (χ0n) is 11.3. The van der Waals surface area contributed by atoms with E-state index in [2.05, 4.69) is 15.3 Å². The average Bonchev–Trinajstić information content (AvgIpc) is 2.37. The minimum absolute atomic E-state index is 0.0333. The number of allylic oxidation sites excluding steroid dienone is 2. The Balaban J connectivity index is 2.49. The fourth-order valence-electron chi connectivity index (χ4n) is 1.66. The predicted molar refractivity (Wildman–Crippen MR) is 71.8 cm³/mol. The minimum atomic E-state index is 0.0333. The molecule has 0 aliphatic heterocycles. The summed E-state index contributed by atoms with van der Waals surface area (Å²) in [6, 6.07) is 1.84. The van der Waals surface area contributed by atoms with Gasteiger partial charge in [-0.05, 0) is 32.8 Å². The van der Waals surface area contributed by atoms with Crippen molar-refractivity contribution in [3.05, 3.63) is 35.9 Å². The Labute approximate surface area is 109 Å². The largest absolute Gasteiger partial charge is 0.349 e. The van der Waals surface area contributed by atoms with Crippen molar-refractivity contribution >= 4 is 5.91 Å². The summed E-state index contributed by atoms with van der Waals surface area (Å²) in [7, 11) is 0. The zero-order chi connectivity index (χ0) is 13.4. The monoisotopic (exact) mass is 247 g/mol. The molecule has 0 fully saturated rings. The van der Waals surface area contributed by atoms with Crippen molar-refractivity contribution in [2.75, 3.05) is 0 Å². The minimum Gasteiger partial charge on any atom is -0.349 e. The maximum Gasteiger partial charge on any atom is 0.223 e. The van der Waals surface area contributed by atoms with Crippen molar-refractivity contribution in [2.45, 2.75) is 40.2 Å². The first-order valence-corrected chi connectivity index (χ1v) is 6.34. The number of aromatic nitrogens is 2. The molecule has 4 heteroatoms. The molecule has 1 N–H and O–H groups in total. The zero-order valence-corrected chi connectivity index (χ0v) is 11.3. The van der Waals surface area contributed by atoms with Crippen molar-refractivity contribution in [2.24, 2.45) is 5.92 Å². The second-order valence-electron chi connectivity index (χ2n) is 4.24. The first-order valence-electron chi connectivity index (χ1n) is 6.34. The molecule has 1 unspecified atom stereocenters. The maximum absolute atomic E-state index is 11.9. The van der Waals surface area contributed by atoms with Gasteiger partial charge in [0.05, 0.1) is 6.54 Å². The van der Waals surface area contributed by atoms with Crippen molar-refractivity contribution < 1.29 is 4.79 Å². The van der Waals surface area contributed by atoms with Crippen molar-refractivity contribution in [3.8, 4) is 0 Å². The van der Waals surface area contributed by atoms with Crippen LogP contribution in [0, 0.1) is 12.8 Å². The maximum atomic E-state index is 11.9. The van der Waals surface area contributed by atoms with Gasteiger partial charge in [0.15, 0.2) is 0 Å². The topological polar surface area (TPSA) is 54.9 Å². The van der Waals surface area contributed by atoms with Gasteiger partial charge in [0.1, 0.15) is 5.82 Å². The molecule has 0 aliphatic carbocycles. The molecule has 0 aromatic carbocycles. The van der Waals surface area contributed by atoms with E-state index in [0.29, 0.717) is 12.4 Å². The number of hydrogen-bond donors (Lipinski definition) is 1. The van der Waals surface area contributed by atoms with Gasteiger partial charge in [0.25, 0.3) is 0 Å². The van der Waals surface area contributed by atoms with E-state index >= 15 is 0 Å². The molecule has 1 aromatic heterocycles. The van der Waals surface area contributed by atoms with Crippen LogP contribution in [0.3, 0.4) is 0 Å². The highest BCUT2D eigenvalue weighted by Crippen LogP contribution is 2.09. The number of nitrogens with one attached hydrogen (secondary N) is 1. The summed E-state index contributed by atoms with van der Waals surface area (Å²) in [6.07, 6.45) is 7.33. The molecule has 0 radical (unpaired) electrons. The molecule has 98 valence electrons. The molecular weight excluding hydrogens is 226 g/mol. The van der Waals surface area contributed by atoms with Gasteiger partial charge < -0.3 is 5.32 Å². The lowest BCUT2D eigenvalue weighted by molar-refractivity contribution is -0.125. The van der Waals surface area contributed by atoms with Crippen LogP contribution < -0.4 is 5.32 Å². The highest BCUT2D eigenvalue weighted by atomic mass is 16.1. The summed E-state index contributed by atoms with van der Waals surface area (Å²) in [5.74, 6) is 0.760. The number of amides is 1. The van der Waals surface area contributed by atoms with E-state index in [0.717, 1.165) is 18.5 Å². The van der Waals surface area contributed by atoms with E-state index in [4.69, 9.17) is 0 Å². The number of carbonyl (C=O) groups is 1. The molecule has 0 spiro atoms. The first kappa shape index (κ1) is 14.4. The van der Waals surface area contributed by atoms with Crippen LogP contribution in [-0.2, 0) is 11.3 Å². The van der Waals surface area contributed by atoms with Crippen molar-refractivity contribution in [1.82, 2.24) is 15.3 Å². The van der Waals surface area contributed by atoms with Gasteiger partial charge in [0, 0.05) is 17.8 Å². The fourth-order valence-corrected chi connectivity index (χ4v) is 1.66. The van der Waals surface area contributed by atoms with Crippen LogP contribution in [0.15, 0.2) is 24.4 Å². The summed E-state index contributed by atoms with van der Waals surface area (Å²) in [5, 5.41) is 2.89. The fraction of sp³-hybridized carbons (Fsp3) is 0.500. The third kappa shape index (κ3) is 4.65. The van der Waals surface area contributed by atoms with E-state index in [1.54, 1.807) is 6.20 Å². The van der Waals surface area contributed by atoms with Gasteiger partial charge >= 0.3 is 0 Å². The molecule has 0 saturated carbocycles. The van der Waals surface area contributed by atoms with Gasteiger partial charge in [-0.3, -0.25) is 4.79 Å². The van der Waals surface area contributed by atoms with Gasteiger partial charge in [-0.25, -0.2) is 9.97 Å². The van der Waals surface area contributed by atoms with Crippen LogP contribution in [0.5, 0.6) is 0 Å². The predicted octanol–water partition coefficient (Wildman–Crippen LogP) is 2.39. The lowest BCUT2D eigenvalue weighted by atomic mass is 10.0. The van der Waals surface area contributed by atoms with Gasteiger partial charge in [-0.2, -0.15) is 0 Å². The number of rotatable bonds is 6. The normalized spacial score (nSPS) is 12.6. The summed E-state index contributed by atoms with van der Waals surface area (Å²) < 4.78 is 0. The number of nitrogens with zero attached hydrogens (tertiary/aromatic N) is 2. The highest BCUT2D eigenvalue weighted by Gasteiger charge is 2.14. The molecule has 18 heavy (non-hydrogen) atoms. The lowest BCUT2D eigenvalue weighted by Crippen LogP contribution is -2.30. The van der Waals surface area contributed by atoms with E-state index < -0.39 is 0 Å². The summed E-state index contributed by atoms with van der Waals surface area (Å²) in [4.78, 5) is 20.3. The Bertz CT molecular complexity index is 415. The Hall–Kier alpha value is -1.71. The third-order valence-electron chi connectivity index (χ3n) is 2.79. The molecule has 1 heterocycles. The molecule has 0 bridgehead atoms. The van der Waals surface area contributed by atoms with E-state index in [-0.39, 0.29) is 11.8 Å². The molecule has 4 nitrogen and oxygen atoms in total. The van der Waals surface area contributed by atoms with E-state index in [1.807, 2.05) is 39.0 Å². The molecule has 1 amide bonds. The van der Waals surface area contributed by atoms with E-state index in [1.165, 1.54) is 0 Å². The van der Waals surface area contributed by atoms with Crippen molar-refractivity contribution in [1.29, 1.82) is 0 Å². The Morgan fingerprint density at radius 2 is 2.33 bits per heavy atom. The first-order chi connectivity index (χ1) is 8.67. The quantitative estimate of drug-likeness (QED) is 0.785. The Morgan fingerprint density at radius 1 is 1.56 bits per heavy atom. The van der Waals surface area contributed by atoms with Gasteiger partial charge in [0.2, 0.25) is 5.91 Å². The van der Waals surface area contributed by atoms with Gasteiger partial charge in [-0.1, -0.05) is 19.1 Å². The molecular formula is C14H21N3O. The third-order valence-corrected chi connectivity index (χ3v) is 2.79. The Morgan fingerprint density at radius 3 is 2.94 bits per heavy atom. The summed E-state index contributed by atoms with van der Waals surface area (Å²) in [6.45, 7) is 6.29. The highest BCUT2D eigenvalue weighted by molar-refractivity contribution is 5.78. The number of carbonyl (C=O) groups excluding carboxylic acids is 1. The standard InChI is InChI=1S/C14H21N3O/c1-4-6-7-12(5-2)14(18)16-10-13-15-9-8-11(3)17-13/h4,6,8-9,12H,5,7,10H2,1-3H3,(H,16,18)/b6-4+. The van der Waals surface area contributed by atoms with Crippen LogP contribution in [-0.4, -0.2) is 15.9 Å². The lowest BCUT2D eigenvalue weighted by Gasteiger charge is -2.12. The number of aryl methyl sites for hydroxylation is 1. The van der Waals surface area contributed by atoms with E-state index in [9.17, 15) is 4.79 Å². The van der Waals surface area contributed by atoms with Crippen LogP contribution in [0.1, 0.15) is 38.2 Å². The molecule has 1 aromatic rings. The molecule has 0 saturated heterocycles. The smallest absolute Gasteiger partial charge is 0.223 e. The second kappa shape index (κ2) is 7.58. The van der Waals surface area contributed by atoms with Gasteiger partial charge in [-0.15, -0.1) is 0 Å². The van der Waals surface area contributed by atoms with Crippen LogP contribution in [0.2, 0.25) is 0 Å². The molecule has 1 atom stereocenters. The molecule has 0 aliphatic rings. The molecule has 1 rings (SSSR count). The summed E-state index contributed by atoms with van der Waals surface area (Å²) >= 11 is 0.